The average molecular weight is 285 g/mol. The van der Waals surface area contributed by atoms with Gasteiger partial charge in [0, 0.05) is 4.47 Å². The number of rotatable bonds is 2. The molecular weight excluding hydrogens is 276 g/mol. The summed E-state index contributed by atoms with van der Waals surface area (Å²) in [5.74, 6) is -0.760. The van der Waals surface area contributed by atoms with Gasteiger partial charge in [-0.25, -0.2) is 4.79 Å². The molecular formula is C11H9BrO4. The summed E-state index contributed by atoms with van der Waals surface area (Å²) in [5.41, 5.74) is 0.461. The maximum atomic E-state index is 11.6. The van der Waals surface area contributed by atoms with Crippen LogP contribution in [0.5, 0.6) is 0 Å². The SMILES string of the molecule is O=C1C[C@@H](OC(=O)c2ccc(Br)cc2)CO1. The molecule has 0 aliphatic carbocycles. The van der Waals surface area contributed by atoms with Crippen LogP contribution in [-0.2, 0) is 14.3 Å². The molecule has 1 atom stereocenters. The van der Waals surface area contributed by atoms with Crippen LogP contribution in [0.15, 0.2) is 28.7 Å². The zero-order valence-corrected chi connectivity index (χ0v) is 9.90. The predicted octanol–water partition coefficient (Wildman–Crippen LogP) is 1.92. The largest absolute Gasteiger partial charge is 0.462 e. The molecule has 1 aliphatic rings. The first-order chi connectivity index (χ1) is 7.65. The normalized spacial score (nSPS) is 19.3. The second-order valence-electron chi connectivity index (χ2n) is 3.42. The molecule has 1 fully saturated rings. The molecule has 0 radical (unpaired) electrons. The zero-order valence-electron chi connectivity index (χ0n) is 8.31. The number of cyclic esters (lactones) is 1. The third kappa shape index (κ3) is 2.61. The van der Waals surface area contributed by atoms with Crippen LogP contribution in [0.4, 0.5) is 0 Å². The summed E-state index contributed by atoms with van der Waals surface area (Å²) in [6.07, 6.45) is -0.314. The van der Waals surface area contributed by atoms with Gasteiger partial charge in [0.05, 0.1) is 12.0 Å². The van der Waals surface area contributed by atoms with Crippen molar-refractivity contribution in [1.29, 1.82) is 0 Å². The Kier molecular flexibility index (Phi) is 3.24. The highest BCUT2D eigenvalue weighted by Crippen LogP contribution is 2.15. The van der Waals surface area contributed by atoms with Crippen molar-refractivity contribution in [3.05, 3.63) is 34.3 Å². The second-order valence-corrected chi connectivity index (χ2v) is 4.34. The topological polar surface area (TPSA) is 52.6 Å². The number of carbonyl (C=O) groups is 2. The predicted molar refractivity (Wildman–Crippen MR) is 58.9 cm³/mol. The Morgan fingerprint density at radius 3 is 2.62 bits per heavy atom. The maximum absolute atomic E-state index is 11.6. The summed E-state index contributed by atoms with van der Waals surface area (Å²) >= 11 is 3.27. The van der Waals surface area contributed by atoms with Gasteiger partial charge in [-0.15, -0.1) is 0 Å². The van der Waals surface area contributed by atoms with Crippen LogP contribution in [-0.4, -0.2) is 24.6 Å². The van der Waals surface area contributed by atoms with E-state index < -0.39 is 12.1 Å². The monoisotopic (exact) mass is 284 g/mol. The average Bonchev–Trinajstić information content (AvgIpc) is 2.65. The van der Waals surface area contributed by atoms with Crippen molar-refractivity contribution < 1.29 is 19.1 Å². The Labute approximate surface area is 101 Å². The molecule has 16 heavy (non-hydrogen) atoms. The Morgan fingerprint density at radius 1 is 1.38 bits per heavy atom. The molecule has 0 spiro atoms. The molecule has 0 amide bonds. The first-order valence-electron chi connectivity index (χ1n) is 4.77. The number of carbonyl (C=O) groups excluding carboxylic acids is 2. The molecule has 1 heterocycles. The van der Waals surface area contributed by atoms with E-state index in [1.807, 2.05) is 0 Å². The van der Waals surface area contributed by atoms with Crippen molar-refractivity contribution >= 4 is 27.9 Å². The van der Waals surface area contributed by atoms with Gasteiger partial charge >= 0.3 is 11.9 Å². The second kappa shape index (κ2) is 4.65. The van der Waals surface area contributed by atoms with E-state index in [0.29, 0.717) is 5.56 Å². The number of hydrogen-bond acceptors (Lipinski definition) is 4. The van der Waals surface area contributed by atoms with Crippen molar-refractivity contribution in [3.63, 3.8) is 0 Å². The molecule has 0 unspecified atom stereocenters. The third-order valence-electron chi connectivity index (χ3n) is 2.18. The van der Waals surface area contributed by atoms with E-state index in [0.717, 1.165) is 4.47 Å². The minimum atomic E-state index is -0.455. The van der Waals surface area contributed by atoms with Gasteiger partial charge in [-0.05, 0) is 24.3 Å². The number of halogens is 1. The van der Waals surface area contributed by atoms with Gasteiger partial charge < -0.3 is 9.47 Å². The highest BCUT2D eigenvalue weighted by atomic mass is 79.9. The molecule has 1 aromatic rings. The Morgan fingerprint density at radius 2 is 2.06 bits per heavy atom. The summed E-state index contributed by atoms with van der Waals surface area (Å²) in [7, 11) is 0. The minimum Gasteiger partial charge on any atom is -0.462 e. The first kappa shape index (κ1) is 11.1. The van der Waals surface area contributed by atoms with E-state index >= 15 is 0 Å². The molecule has 0 N–H and O–H groups in total. The van der Waals surface area contributed by atoms with Crippen molar-refractivity contribution in [3.8, 4) is 0 Å². The van der Waals surface area contributed by atoms with Gasteiger partial charge in [0.25, 0.3) is 0 Å². The molecule has 2 rings (SSSR count). The quantitative estimate of drug-likeness (QED) is 0.779. The van der Waals surface area contributed by atoms with Crippen LogP contribution < -0.4 is 0 Å². The molecule has 1 aromatic carbocycles. The molecule has 5 heteroatoms. The van der Waals surface area contributed by atoms with Gasteiger partial charge in [-0.1, -0.05) is 15.9 Å². The van der Waals surface area contributed by atoms with E-state index in [9.17, 15) is 9.59 Å². The molecule has 1 aliphatic heterocycles. The molecule has 0 aromatic heterocycles. The molecule has 0 bridgehead atoms. The number of hydrogen-bond donors (Lipinski definition) is 0. The highest BCUT2D eigenvalue weighted by Gasteiger charge is 2.27. The maximum Gasteiger partial charge on any atom is 0.338 e. The summed E-state index contributed by atoms with van der Waals surface area (Å²) in [6.45, 7) is 0.154. The summed E-state index contributed by atoms with van der Waals surface area (Å²) in [4.78, 5) is 22.4. The van der Waals surface area contributed by atoms with Crippen LogP contribution in [0.1, 0.15) is 16.8 Å². The fourth-order valence-corrected chi connectivity index (χ4v) is 1.64. The lowest BCUT2D eigenvalue weighted by atomic mass is 10.2. The van der Waals surface area contributed by atoms with Crippen molar-refractivity contribution in [2.45, 2.75) is 12.5 Å². The fraction of sp³-hybridized carbons (Fsp3) is 0.273. The lowest BCUT2D eigenvalue weighted by Crippen LogP contribution is -2.18. The summed E-state index contributed by atoms with van der Waals surface area (Å²) in [6, 6.07) is 6.83. The van der Waals surface area contributed by atoms with Gasteiger partial charge in [-0.2, -0.15) is 0 Å². The number of esters is 2. The smallest absolute Gasteiger partial charge is 0.338 e. The van der Waals surface area contributed by atoms with Gasteiger partial charge in [0.2, 0.25) is 0 Å². The third-order valence-corrected chi connectivity index (χ3v) is 2.71. The van der Waals surface area contributed by atoms with Crippen LogP contribution in [0.2, 0.25) is 0 Å². The van der Waals surface area contributed by atoms with Crippen LogP contribution in [0.25, 0.3) is 0 Å². The summed E-state index contributed by atoms with van der Waals surface area (Å²) < 4.78 is 10.7. The highest BCUT2D eigenvalue weighted by molar-refractivity contribution is 9.10. The molecule has 4 nitrogen and oxygen atoms in total. The zero-order chi connectivity index (χ0) is 11.5. The van der Waals surface area contributed by atoms with Gasteiger partial charge in [-0.3, -0.25) is 4.79 Å². The first-order valence-corrected chi connectivity index (χ1v) is 5.56. The van der Waals surface area contributed by atoms with E-state index in [4.69, 9.17) is 9.47 Å². The van der Waals surface area contributed by atoms with E-state index in [1.165, 1.54) is 0 Å². The van der Waals surface area contributed by atoms with Crippen LogP contribution in [0, 0.1) is 0 Å². The van der Waals surface area contributed by atoms with E-state index in [2.05, 4.69) is 15.9 Å². The van der Waals surface area contributed by atoms with Crippen molar-refractivity contribution in [1.82, 2.24) is 0 Å². The Balaban J connectivity index is 1.98. The van der Waals surface area contributed by atoms with Crippen LogP contribution in [0.3, 0.4) is 0 Å². The molecule has 1 saturated heterocycles. The fourth-order valence-electron chi connectivity index (χ4n) is 1.37. The van der Waals surface area contributed by atoms with Gasteiger partial charge in [0.1, 0.15) is 12.7 Å². The summed E-state index contributed by atoms with van der Waals surface area (Å²) in [5, 5.41) is 0. The van der Waals surface area contributed by atoms with E-state index in [1.54, 1.807) is 24.3 Å². The van der Waals surface area contributed by atoms with Gasteiger partial charge in [0.15, 0.2) is 0 Å². The van der Waals surface area contributed by atoms with Crippen LogP contribution >= 0.6 is 15.9 Å². The minimum absolute atomic E-state index is 0.141. The molecule has 0 saturated carbocycles. The number of ether oxygens (including phenoxy) is 2. The standard InChI is InChI=1S/C11H9BrO4/c12-8-3-1-7(2-4-8)11(14)16-9-5-10(13)15-6-9/h1-4,9H,5-6H2/t9-/m1/s1. The van der Waals surface area contributed by atoms with E-state index in [-0.39, 0.29) is 19.0 Å². The molecule has 84 valence electrons. The Bertz CT molecular complexity index is 412. The van der Waals surface area contributed by atoms with Crippen molar-refractivity contribution in [2.75, 3.05) is 6.61 Å². The number of benzene rings is 1. The van der Waals surface area contributed by atoms with Crippen molar-refractivity contribution in [2.24, 2.45) is 0 Å². The lowest BCUT2D eigenvalue weighted by molar-refractivity contribution is -0.137. The Hall–Kier alpha value is -1.36. The lowest BCUT2D eigenvalue weighted by Gasteiger charge is -2.08.